The Morgan fingerprint density at radius 3 is 1.22 bits per heavy atom. The Labute approximate surface area is 345 Å². The molecule has 0 saturated carbocycles. The smallest absolute Gasteiger partial charge is 0.260 e. The fourth-order valence-electron chi connectivity index (χ4n) is 9.21. The first-order valence-corrected chi connectivity index (χ1v) is 22.0. The largest absolute Gasteiger partial charge is 0.325 e. The van der Waals surface area contributed by atoms with E-state index in [1.807, 2.05) is 24.3 Å². The Morgan fingerprint density at radius 2 is 0.750 bits per heavy atom. The van der Waals surface area contributed by atoms with Gasteiger partial charge in [-0.05, 0) is 28.0 Å². The third-order valence-electron chi connectivity index (χ3n) is 11.8. The van der Waals surface area contributed by atoms with Gasteiger partial charge in [-0.25, -0.2) is 29.9 Å². The monoisotopic (exact) mass is 786 g/mol. The van der Waals surface area contributed by atoms with E-state index < -0.39 is 8.24 Å². The molecule has 60 heavy (non-hydrogen) atoms. The highest BCUT2D eigenvalue weighted by Gasteiger charge is 2.45. The van der Waals surface area contributed by atoms with Gasteiger partial charge in [-0.15, -0.1) is 0 Å². The Hall–Kier alpha value is -7.88. The van der Waals surface area contributed by atoms with Crippen LogP contribution in [-0.4, -0.2) is 47.4 Å². The summed E-state index contributed by atoms with van der Waals surface area (Å²) in [5, 5.41) is 7.41. The summed E-state index contributed by atoms with van der Waals surface area (Å²) in [6.45, 7) is 2.10. The molecule has 0 unspecified atom stereocenters. The molecular weight excluding hydrogens is 753 g/mol. The maximum atomic E-state index is 5.73. The van der Waals surface area contributed by atoms with Crippen molar-refractivity contribution in [2.24, 2.45) is 0 Å². The van der Waals surface area contributed by atoms with Gasteiger partial charge in [0.05, 0.1) is 0 Å². The average molecular weight is 787 g/mol. The zero-order chi connectivity index (χ0) is 39.8. The molecule has 1 N–H and O–H groups in total. The van der Waals surface area contributed by atoms with Crippen molar-refractivity contribution < 1.29 is 0 Å². The molecule has 2 aliphatic rings. The van der Waals surface area contributed by atoms with Crippen LogP contribution in [0.15, 0.2) is 182 Å². The Balaban J connectivity index is 1.38. The van der Waals surface area contributed by atoms with E-state index in [1.54, 1.807) is 0 Å². The Morgan fingerprint density at radius 1 is 0.367 bits per heavy atom. The topological polar surface area (TPSA) is 98.1 Å². The van der Waals surface area contributed by atoms with Gasteiger partial charge in [-0.1, -0.05) is 182 Å². The van der Waals surface area contributed by atoms with Gasteiger partial charge < -0.3 is 9.22 Å². The van der Waals surface area contributed by atoms with Crippen molar-refractivity contribution in [1.29, 1.82) is 0 Å². The predicted molar refractivity (Wildman–Crippen MR) is 244 cm³/mol. The van der Waals surface area contributed by atoms with Crippen LogP contribution < -0.4 is 15.6 Å². The number of hydrogen-bond acceptors (Lipinski definition) is 6. The van der Waals surface area contributed by atoms with Crippen molar-refractivity contribution in [3.63, 3.8) is 0 Å². The average Bonchev–Trinajstić information content (AvgIpc) is 4.03. The molecule has 12 rings (SSSR count). The highest BCUT2D eigenvalue weighted by atomic mass is 28.3. The second-order valence-electron chi connectivity index (χ2n) is 15.2. The zero-order valence-electron chi connectivity index (χ0n) is 32.5. The predicted octanol–water partition coefficient (Wildman–Crippen LogP) is 9.17. The lowest BCUT2D eigenvalue weighted by Crippen LogP contribution is -2.72. The van der Waals surface area contributed by atoms with E-state index in [4.69, 9.17) is 29.9 Å². The van der Waals surface area contributed by atoms with Gasteiger partial charge in [0.2, 0.25) is 0 Å². The van der Waals surface area contributed by atoms with E-state index in [9.17, 15) is 0 Å². The number of benzene rings is 7. The molecule has 10 aromatic rings. The first kappa shape index (κ1) is 34.2. The van der Waals surface area contributed by atoms with Crippen LogP contribution in [0.2, 0.25) is 0 Å². The number of nitrogens with zero attached hydrogens (tertiary/aromatic N) is 7. The van der Waals surface area contributed by atoms with Gasteiger partial charge in [-0.3, -0.25) is 0 Å². The molecule has 0 atom stereocenters. The van der Waals surface area contributed by atoms with Crippen molar-refractivity contribution in [2.45, 2.75) is 6.92 Å². The molecule has 3 aromatic heterocycles. The van der Waals surface area contributed by atoms with Gasteiger partial charge in [0.1, 0.15) is 22.6 Å². The molecule has 5 heterocycles. The van der Waals surface area contributed by atoms with E-state index in [0.29, 0.717) is 34.6 Å². The molecule has 2 aliphatic heterocycles. The molecule has 282 valence electrons. The van der Waals surface area contributed by atoms with Crippen LogP contribution >= 0.6 is 0 Å². The summed E-state index contributed by atoms with van der Waals surface area (Å²) < 4.78 is 2.46. The van der Waals surface area contributed by atoms with E-state index in [-0.39, 0.29) is 0 Å². The van der Waals surface area contributed by atoms with Crippen molar-refractivity contribution in [3.8, 4) is 45.6 Å². The number of H-pyrrole nitrogens is 1. The summed E-state index contributed by atoms with van der Waals surface area (Å²) in [4.78, 5) is 36.2. The fourth-order valence-corrected chi connectivity index (χ4v) is 14.0. The summed E-state index contributed by atoms with van der Waals surface area (Å²) in [6.07, 6.45) is 0. The third kappa shape index (κ3) is 5.02. The molecule has 8 nitrogen and oxygen atoms in total. The number of aromatic amines is 1. The minimum atomic E-state index is -3.37. The van der Waals surface area contributed by atoms with Crippen LogP contribution in [0.3, 0.4) is 0 Å². The second kappa shape index (κ2) is 13.3. The molecule has 8 bridgehead atoms. The van der Waals surface area contributed by atoms with Crippen molar-refractivity contribution in [3.05, 3.63) is 188 Å². The van der Waals surface area contributed by atoms with Crippen molar-refractivity contribution in [2.75, 3.05) is 0 Å². The van der Waals surface area contributed by atoms with E-state index in [1.165, 1.54) is 15.6 Å². The summed E-state index contributed by atoms with van der Waals surface area (Å²) in [6, 6.07) is 63.8. The molecule has 0 aliphatic carbocycles. The quantitative estimate of drug-likeness (QED) is 0.141. The van der Waals surface area contributed by atoms with Crippen LogP contribution in [0, 0.1) is 6.92 Å². The standard InChI is InChI=1S/C51H34N8Si/c1-32-18-17-31-42-43(32)49-55-45-37-26-12-14-28-39(37)47(53-45)58-51-41-30-16-15-29-40(41)50(57-46-38-27-13-11-25-36(38)44(52-46)54-48(42)56-49)59(51)60(33-19-5-2-6-20-33,34-21-7-3-8-22-34)35-23-9-4-10-24-35/h2-31H,1H3,(H,52,53,54,55,56,57,58). The van der Waals surface area contributed by atoms with Crippen LogP contribution in [-0.2, 0) is 0 Å². The summed E-state index contributed by atoms with van der Waals surface area (Å²) in [5.41, 5.74) is 7.61. The Kier molecular flexibility index (Phi) is 7.60. The highest BCUT2D eigenvalue weighted by molar-refractivity contribution is 7.11. The molecule has 0 spiro atoms. The normalized spacial score (nSPS) is 12.1. The van der Waals surface area contributed by atoms with Crippen LogP contribution in [0.25, 0.3) is 89.7 Å². The molecule has 0 fully saturated rings. The summed E-state index contributed by atoms with van der Waals surface area (Å²) in [5.74, 6) is 2.33. The molecule has 0 amide bonds. The highest BCUT2D eigenvalue weighted by Crippen LogP contribution is 2.38. The maximum absolute atomic E-state index is 5.73. The van der Waals surface area contributed by atoms with Crippen molar-refractivity contribution in [1.82, 2.24) is 39.1 Å². The number of aromatic nitrogens is 8. The van der Waals surface area contributed by atoms with Gasteiger partial charge in [0.25, 0.3) is 8.24 Å². The summed E-state index contributed by atoms with van der Waals surface area (Å²) in [7, 11) is -3.37. The minimum Gasteiger partial charge on any atom is -0.325 e. The van der Waals surface area contributed by atoms with Crippen LogP contribution in [0.4, 0.5) is 0 Å². The maximum Gasteiger partial charge on any atom is 0.260 e. The van der Waals surface area contributed by atoms with Gasteiger partial charge in [0.15, 0.2) is 23.3 Å². The van der Waals surface area contributed by atoms with Crippen LogP contribution in [0.5, 0.6) is 0 Å². The zero-order valence-corrected chi connectivity index (χ0v) is 33.5. The number of fused-ring (bicyclic) bond motifs is 20. The molecule has 0 radical (unpaired) electrons. The van der Waals surface area contributed by atoms with E-state index >= 15 is 0 Å². The number of rotatable bonds is 4. The molecule has 0 saturated heterocycles. The van der Waals surface area contributed by atoms with Gasteiger partial charge in [0, 0.05) is 43.8 Å². The second-order valence-corrected chi connectivity index (χ2v) is 18.8. The van der Waals surface area contributed by atoms with E-state index in [0.717, 1.165) is 60.7 Å². The van der Waals surface area contributed by atoms with E-state index in [2.05, 4.69) is 174 Å². The van der Waals surface area contributed by atoms with Crippen LogP contribution in [0.1, 0.15) is 5.56 Å². The minimum absolute atomic E-state index is 0.580. The summed E-state index contributed by atoms with van der Waals surface area (Å²) >= 11 is 0. The Bertz CT molecular complexity index is 3410. The van der Waals surface area contributed by atoms with Gasteiger partial charge >= 0.3 is 0 Å². The number of hydrogen-bond donors (Lipinski definition) is 1. The molecule has 7 aromatic carbocycles. The first-order chi connectivity index (χ1) is 29.7. The first-order valence-electron chi connectivity index (χ1n) is 20.1. The van der Waals surface area contributed by atoms with Crippen molar-refractivity contribution >= 4 is 67.9 Å². The lowest BCUT2D eigenvalue weighted by molar-refractivity contribution is 1.15. The molecule has 9 heteroatoms. The lowest BCUT2D eigenvalue weighted by atomic mass is 10.1. The lowest BCUT2D eigenvalue weighted by Gasteiger charge is -2.35. The van der Waals surface area contributed by atoms with Gasteiger partial charge in [-0.2, -0.15) is 0 Å². The number of nitrogens with one attached hydrogen (secondary N) is 1. The number of aryl methyl sites for hydroxylation is 1. The molecular formula is C51H34N8Si. The SMILES string of the molecule is Cc1cccc2c3nc4nc(nc5c6ccccc6c(nc6nc(nc([nH]3)c12)-c1ccccc1-6)n5[Si](c1ccccc1)(c1ccccc1)c1ccccc1)-c1ccccc1-4. The third-order valence-corrected chi connectivity index (χ3v) is 16.4. The fraction of sp³-hybridized carbons (Fsp3) is 0.0196.